The summed E-state index contributed by atoms with van der Waals surface area (Å²) >= 11 is 0. The molecule has 1 amide bonds. The van der Waals surface area contributed by atoms with Gasteiger partial charge in [0.25, 0.3) is 0 Å². The smallest absolute Gasteiger partial charge is 0.410 e. The van der Waals surface area contributed by atoms with E-state index in [2.05, 4.69) is 5.32 Å². The molecule has 0 aromatic heterocycles. The zero-order valence-corrected chi connectivity index (χ0v) is 28.1. The number of carbonyl (C=O) groups is 3. The largest absolute Gasteiger partial charge is 0.490 e. The van der Waals surface area contributed by atoms with Crippen molar-refractivity contribution in [2.45, 2.75) is 69.1 Å². The summed E-state index contributed by atoms with van der Waals surface area (Å²) in [5.41, 5.74) is 10.2. The van der Waals surface area contributed by atoms with Crippen LogP contribution in [0.3, 0.4) is 0 Å². The Hall–Kier alpha value is -3.47. The lowest BCUT2D eigenvalue weighted by Gasteiger charge is -2.45. The molecule has 46 heavy (non-hydrogen) atoms. The summed E-state index contributed by atoms with van der Waals surface area (Å²) in [4.78, 5) is 39.9. The topological polar surface area (TPSA) is 217 Å². The number of nitrogens with zero attached hydrogens (tertiary/aromatic N) is 2. The number of nitrogens with one attached hydrogen (secondary N) is 2. The molecule has 0 radical (unpaired) electrons. The molecular formula is C30H48N6O9S. The predicted octanol–water partition coefficient (Wildman–Crippen LogP) is 0.393. The molecular weight excluding hydrogens is 620 g/mol. The molecule has 2 aliphatic heterocycles. The SMILES string of the molecule is CCCCS(=O)(=O)C(N)(Cc1ccc(OCC2CN(CC(C(=N)N)(C(=O)OC(C)(C)C)N3CCNCC3)C(=O)O2)cc1)C(=O)OC. The average Bonchev–Trinajstić information content (AvgIpc) is 3.35. The summed E-state index contributed by atoms with van der Waals surface area (Å²) in [5.74, 6) is -2.01. The van der Waals surface area contributed by atoms with E-state index >= 15 is 0 Å². The number of amides is 1. The van der Waals surface area contributed by atoms with Crippen LogP contribution in [0.4, 0.5) is 4.79 Å². The molecule has 3 atom stereocenters. The maximum Gasteiger partial charge on any atom is 0.410 e. The van der Waals surface area contributed by atoms with E-state index < -0.39 is 55.8 Å². The first-order valence-corrected chi connectivity index (χ1v) is 16.9. The Morgan fingerprint density at radius 1 is 1.13 bits per heavy atom. The average molecular weight is 669 g/mol. The highest BCUT2D eigenvalue weighted by molar-refractivity contribution is 7.93. The van der Waals surface area contributed by atoms with Crippen molar-refractivity contribution in [2.24, 2.45) is 11.5 Å². The van der Waals surface area contributed by atoms with Gasteiger partial charge in [0.05, 0.1) is 26.0 Å². The number of cyclic esters (lactones) is 1. The van der Waals surface area contributed by atoms with Crippen molar-refractivity contribution >= 4 is 33.7 Å². The van der Waals surface area contributed by atoms with Crippen LogP contribution in [0.2, 0.25) is 0 Å². The van der Waals surface area contributed by atoms with E-state index in [0.717, 1.165) is 7.11 Å². The van der Waals surface area contributed by atoms with Crippen molar-refractivity contribution in [3.8, 4) is 5.75 Å². The lowest BCUT2D eigenvalue weighted by molar-refractivity contribution is -0.166. The molecule has 1 aromatic carbocycles. The van der Waals surface area contributed by atoms with Crippen LogP contribution in [0, 0.1) is 5.41 Å². The summed E-state index contributed by atoms with van der Waals surface area (Å²) < 4.78 is 47.7. The van der Waals surface area contributed by atoms with Crippen molar-refractivity contribution in [3.05, 3.63) is 29.8 Å². The highest BCUT2D eigenvalue weighted by Crippen LogP contribution is 2.27. The van der Waals surface area contributed by atoms with Gasteiger partial charge in [-0.25, -0.2) is 22.8 Å². The molecule has 0 saturated carbocycles. The first-order chi connectivity index (χ1) is 21.5. The Morgan fingerprint density at radius 2 is 1.76 bits per heavy atom. The minimum atomic E-state index is -4.01. The van der Waals surface area contributed by atoms with E-state index in [9.17, 15) is 22.8 Å². The van der Waals surface area contributed by atoms with E-state index in [0.29, 0.717) is 50.3 Å². The molecule has 0 aliphatic carbocycles. The quantitative estimate of drug-likeness (QED) is 0.0862. The Labute approximate surface area is 270 Å². The standard InChI is InChI=1S/C30H48N6O9S/c1-6-7-16-46(40,41)30(33,26(38)42-5)17-21-8-10-22(11-9-21)43-19-23-18-35(27(39)44-23)20-29(24(31)32,25(37)45-28(2,3)4)36-14-12-34-13-15-36/h8-11,23,34H,6-7,12-20,33H2,1-5H3,(H3,31,32). The van der Waals surface area contributed by atoms with E-state index in [-0.39, 0.29) is 31.9 Å². The van der Waals surface area contributed by atoms with Crippen LogP contribution in [0.5, 0.6) is 5.75 Å². The van der Waals surface area contributed by atoms with E-state index in [1.54, 1.807) is 49.9 Å². The van der Waals surface area contributed by atoms with Crippen molar-refractivity contribution in [1.82, 2.24) is 15.1 Å². The molecule has 16 heteroatoms. The molecule has 0 spiro atoms. The number of hydrogen-bond donors (Lipinski definition) is 4. The summed E-state index contributed by atoms with van der Waals surface area (Å²) in [6.45, 7) is 8.79. The Morgan fingerprint density at radius 3 is 2.30 bits per heavy atom. The third-order valence-electron chi connectivity index (χ3n) is 7.89. The predicted molar refractivity (Wildman–Crippen MR) is 170 cm³/mol. The van der Waals surface area contributed by atoms with E-state index in [1.165, 1.54) is 4.90 Å². The van der Waals surface area contributed by atoms with Gasteiger partial charge in [-0.3, -0.25) is 10.3 Å². The summed E-state index contributed by atoms with van der Waals surface area (Å²) in [6, 6.07) is 6.37. The molecule has 258 valence electrons. The van der Waals surface area contributed by atoms with Crippen LogP contribution < -0.4 is 21.5 Å². The normalized spacial score (nSPS) is 20.3. The number of rotatable bonds is 15. The summed E-state index contributed by atoms with van der Waals surface area (Å²) in [6.07, 6.45) is -0.684. The van der Waals surface area contributed by atoms with Crippen molar-refractivity contribution in [2.75, 3.05) is 58.7 Å². The zero-order chi connectivity index (χ0) is 34.3. The van der Waals surface area contributed by atoms with Crippen LogP contribution in [0.15, 0.2) is 24.3 Å². The van der Waals surface area contributed by atoms with Gasteiger partial charge in [0.2, 0.25) is 4.87 Å². The van der Waals surface area contributed by atoms with Gasteiger partial charge in [0.15, 0.2) is 21.5 Å². The number of sulfone groups is 1. The van der Waals surface area contributed by atoms with Gasteiger partial charge in [-0.05, 0) is 44.9 Å². The number of unbranched alkanes of at least 4 members (excludes halogenated alkanes) is 1. The third kappa shape index (κ3) is 8.46. The number of ether oxygens (including phenoxy) is 4. The van der Waals surface area contributed by atoms with Gasteiger partial charge < -0.3 is 40.6 Å². The first kappa shape index (κ1) is 37.0. The van der Waals surface area contributed by atoms with Crippen LogP contribution in [0.1, 0.15) is 46.1 Å². The Bertz CT molecular complexity index is 1360. The Balaban J connectivity index is 1.70. The van der Waals surface area contributed by atoms with Crippen LogP contribution in [-0.4, -0.2) is 123 Å². The number of carbonyl (C=O) groups excluding carboxylic acids is 3. The number of nitrogens with two attached hydrogens (primary N) is 2. The molecule has 2 aliphatic rings. The first-order valence-electron chi connectivity index (χ1n) is 15.3. The monoisotopic (exact) mass is 668 g/mol. The fourth-order valence-electron chi connectivity index (χ4n) is 5.33. The molecule has 6 N–H and O–H groups in total. The van der Waals surface area contributed by atoms with Gasteiger partial charge >= 0.3 is 18.0 Å². The van der Waals surface area contributed by atoms with Crippen LogP contribution in [0.25, 0.3) is 0 Å². The molecule has 2 heterocycles. The zero-order valence-electron chi connectivity index (χ0n) is 27.3. The second-order valence-electron chi connectivity index (χ2n) is 12.6. The van der Waals surface area contributed by atoms with Crippen LogP contribution >= 0.6 is 0 Å². The lowest BCUT2D eigenvalue weighted by atomic mass is 9.93. The second kappa shape index (κ2) is 15.0. The van der Waals surface area contributed by atoms with Gasteiger partial charge in [-0.15, -0.1) is 0 Å². The molecule has 2 fully saturated rings. The lowest BCUT2D eigenvalue weighted by Crippen LogP contribution is -2.71. The highest BCUT2D eigenvalue weighted by Gasteiger charge is 2.53. The minimum Gasteiger partial charge on any atom is -0.490 e. The molecule has 2 saturated heterocycles. The summed E-state index contributed by atoms with van der Waals surface area (Å²) in [7, 11) is -2.92. The number of methoxy groups -OCH3 is 1. The molecule has 3 rings (SSSR count). The summed E-state index contributed by atoms with van der Waals surface area (Å²) in [5, 5.41) is 11.7. The molecule has 0 bridgehead atoms. The molecule has 1 aromatic rings. The number of benzene rings is 1. The van der Waals surface area contributed by atoms with Gasteiger partial charge in [-0.1, -0.05) is 25.5 Å². The number of piperazine rings is 1. The van der Waals surface area contributed by atoms with Crippen LogP contribution in [-0.2, 0) is 40.1 Å². The minimum absolute atomic E-state index is 0.0247. The fourth-order valence-corrected chi connectivity index (χ4v) is 7.09. The number of hydrogen-bond acceptors (Lipinski definition) is 13. The van der Waals surface area contributed by atoms with Gasteiger partial charge in [-0.2, -0.15) is 0 Å². The van der Waals surface area contributed by atoms with E-state index in [1.807, 2.05) is 6.92 Å². The van der Waals surface area contributed by atoms with E-state index in [4.69, 9.17) is 35.8 Å². The third-order valence-corrected chi connectivity index (χ3v) is 10.1. The van der Waals surface area contributed by atoms with Crippen molar-refractivity contribution in [3.63, 3.8) is 0 Å². The van der Waals surface area contributed by atoms with Gasteiger partial charge in [0, 0.05) is 32.6 Å². The van der Waals surface area contributed by atoms with Crippen molar-refractivity contribution in [1.29, 1.82) is 5.41 Å². The molecule has 15 nitrogen and oxygen atoms in total. The maximum atomic E-state index is 13.6. The maximum absolute atomic E-state index is 13.6. The second-order valence-corrected chi connectivity index (χ2v) is 15.0. The fraction of sp³-hybridized carbons (Fsp3) is 0.667. The Kier molecular flexibility index (Phi) is 12.0. The highest BCUT2D eigenvalue weighted by atomic mass is 32.2. The van der Waals surface area contributed by atoms with Gasteiger partial charge in [0.1, 0.15) is 23.8 Å². The number of amidine groups is 1. The van der Waals surface area contributed by atoms with Crippen molar-refractivity contribution < 1.29 is 41.7 Å². The molecule has 3 unspecified atom stereocenters. The number of esters is 2.